The topological polar surface area (TPSA) is 102 Å². The molecule has 1 aliphatic carbocycles. The van der Waals surface area contributed by atoms with Crippen LogP contribution in [-0.4, -0.2) is 47.3 Å². The van der Waals surface area contributed by atoms with Crippen molar-refractivity contribution in [2.75, 3.05) is 11.9 Å². The van der Waals surface area contributed by atoms with Gasteiger partial charge in [0.15, 0.2) is 6.10 Å². The number of nitrogens with one attached hydrogen (secondary N) is 1. The Kier molecular flexibility index (Phi) is 6.74. The van der Waals surface area contributed by atoms with E-state index in [0.717, 1.165) is 17.7 Å². The van der Waals surface area contributed by atoms with Crippen LogP contribution < -0.4 is 10.1 Å². The fourth-order valence-electron chi connectivity index (χ4n) is 4.05. The highest BCUT2D eigenvalue weighted by molar-refractivity contribution is 6.08. The van der Waals surface area contributed by atoms with E-state index in [1.807, 2.05) is 6.92 Å². The van der Waals surface area contributed by atoms with Gasteiger partial charge in [-0.2, -0.15) is 0 Å². The third-order valence-corrected chi connectivity index (χ3v) is 5.70. The van der Waals surface area contributed by atoms with Gasteiger partial charge < -0.3 is 14.8 Å². The molecule has 0 radical (unpaired) electrons. The number of esters is 1. The largest absolute Gasteiger partial charge is 0.494 e. The van der Waals surface area contributed by atoms with E-state index in [4.69, 9.17) is 9.47 Å². The second kappa shape index (κ2) is 9.28. The zero-order valence-electron chi connectivity index (χ0n) is 17.6. The minimum Gasteiger partial charge on any atom is -0.494 e. The maximum atomic E-state index is 12.6. The molecule has 1 N–H and O–H groups in total. The second-order valence-corrected chi connectivity index (χ2v) is 7.75. The number of benzene rings is 1. The Morgan fingerprint density at radius 1 is 1.07 bits per heavy atom. The molecule has 1 aromatic carbocycles. The predicted octanol–water partition coefficient (Wildman–Crippen LogP) is 2.52. The highest BCUT2D eigenvalue weighted by atomic mass is 16.5. The molecule has 0 spiro atoms. The first kappa shape index (κ1) is 21.8. The van der Waals surface area contributed by atoms with Gasteiger partial charge >= 0.3 is 5.97 Å². The maximum Gasteiger partial charge on any atom is 0.329 e. The van der Waals surface area contributed by atoms with E-state index in [0.29, 0.717) is 30.9 Å². The average Bonchev–Trinajstić information content (AvgIpc) is 2.99. The quantitative estimate of drug-likeness (QED) is 0.541. The number of likely N-dealkylation sites (tertiary alicyclic amines) is 1. The Balaban J connectivity index is 1.57. The zero-order chi connectivity index (χ0) is 21.8. The number of hydrogen-bond acceptors (Lipinski definition) is 6. The summed E-state index contributed by atoms with van der Waals surface area (Å²) in [6.07, 6.45) is 2.09. The highest BCUT2D eigenvalue weighted by Gasteiger charge is 2.51. The number of imide groups is 1. The summed E-state index contributed by atoms with van der Waals surface area (Å²) in [6.45, 7) is 5.33. The van der Waals surface area contributed by atoms with Crippen molar-refractivity contribution in [1.29, 1.82) is 0 Å². The molecular formula is C22H28N2O6. The molecule has 162 valence electrons. The summed E-state index contributed by atoms with van der Waals surface area (Å²) in [5.74, 6) is -1.87. The SMILES string of the molecule is CCOc1ccc(NC(=O)[C@@H](C)OC(=O)[C@H](C)N2C(=O)[C@H]3CCCC[C@@H]3C2=O)cc1. The molecular weight excluding hydrogens is 388 g/mol. The van der Waals surface area contributed by atoms with Crippen LogP contribution in [0.3, 0.4) is 0 Å². The van der Waals surface area contributed by atoms with Gasteiger partial charge in [-0.3, -0.25) is 19.3 Å². The van der Waals surface area contributed by atoms with Crippen LogP contribution in [0.4, 0.5) is 5.69 Å². The Labute approximate surface area is 175 Å². The number of amides is 3. The minimum atomic E-state index is -1.08. The molecule has 2 fully saturated rings. The normalized spacial score (nSPS) is 22.8. The number of anilines is 1. The average molecular weight is 416 g/mol. The van der Waals surface area contributed by atoms with Gasteiger partial charge in [-0.05, 0) is 57.9 Å². The number of rotatable bonds is 7. The highest BCUT2D eigenvalue weighted by Crippen LogP contribution is 2.39. The molecule has 1 aliphatic heterocycles. The smallest absolute Gasteiger partial charge is 0.329 e. The molecule has 1 saturated heterocycles. The van der Waals surface area contributed by atoms with Gasteiger partial charge in [-0.15, -0.1) is 0 Å². The van der Waals surface area contributed by atoms with E-state index in [2.05, 4.69) is 5.32 Å². The minimum absolute atomic E-state index is 0.305. The Hall–Kier alpha value is -2.90. The van der Waals surface area contributed by atoms with E-state index >= 15 is 0 Å². The molecule has 2 aliphatic rings. The molecule has 0 unspecified atom stereocenters. The van der Waals surface area contributed by atoms with Crippen LogP contribution in [0.5, 0.6) is 5.75 Å². The number of carbonyl (C=O) groups is 4. The van der Waals surface area contributed by atoms with E-state index in [1.54, 1.807) is 24.3 Å². The summed E-state index contributed by atoms with van der Waals surface area (Å²) < 4.78 is 10.6. The summed E-state index contributed by atoms with van der Waals surface area (Å²) in [4.78, 5) is 51.2. The van der Waals surface area contributed by atoms with Gasteiger partial charge in [0.2, 0.25) is 11.8 Å². The molecule has 3 rings (SSSR count). The summed E-state index contributed by atoms with van der Waals surface area (Å²) in [5.41, 5.74) is 0.536. The van der Waals surface area contributed by atoms with Crippen molar-refractivity contribution in [2.24, 2.45) is 11.8 Å². The number of hydrogen-bond donors (Lipinski definition) is 1. The van der Waals surface area contributed by atoms with E-state index in [1.165, 1.54) is 13.8 Å². The van der Waals surface area contributed by atoms with Crippen molar-refractivity contribution >= 4 is 29.4 Å². The fraction of sp³-hybridized carbons (Fsp3) is 0.545. The molecule has 0 bridgehead atoms. The van der Waals surface area contributed by atoms with E-state index < -0.39 is 24.0 Å². The molecule has 4 atom stereocenters. The molecule has 1 aromatic rings. The lowest BCUT2D eigenvalue weighted by atomic mass is 9.81. The third-order valence-electron chi connectivity index (χ3n) is 5.70. The van der Waals surface area contributed by atoms with Gasteiger partial charge in [0.25, 0.3) is 5.91 Å². The summed E-state index contributed by atoms with van der Waals surface area (Å²) >= 11 is 0. The van der Waals surface area contributed by atoms with Gasteiger partial charge in [0.1, 0.15) is 11.8 Å². The number of fused-ring (bicyclic) bond motifs is 1. The van der Waals surface area contributed by atoms with Crippen LogP contribution >= 0.6 is 0 Å². The van der Waals surface area contributed by atoms with Gasteiger partial charge in [-0.1, -0.05) is 12.8 Å². The lowest BCUT2D eigenvalue weighted by Gasteiger charge is -2.23. The number of nitrogens with zero attached hydrogens (tertiary/aromatic N) is 1. The van der Waals surface area contributed by atoms with Crippen molar-refractivity contribution in [1.82, 2.24) is 4.90 Å². The first-order chi connectivity index (χ1) is 14.3. The lowest BCUT2D eigenvalue weighted by molar-refractivity contribution is -0.163. The van der Waals surface area contributed by atoms with Crippen molar-refractivity contribution in [3.8, 4) is 5.75 Å². The first-order valence-electron chi connectivity index (χ1n) is 10.4. The van der Waals surface area contributed by atoms with Crippen LogP contribution in [0.2, 0.25) is 0 Å². The Morgan fingerprint density at radius 2 is 1.63 bits per heavy atom. The summed E-state index contributed by atoms with van der Waals surface area (Å²) in [6, 6.07) is 5.76. The third kappa shape index (κ3) is 4.47. The summed E-state index contributed by atoms with van der Waals surface area (Å²) in [5, 5.41) is 2.66. The van der Waals surface area contributed by atoms with Crippen molar-refractivity contribution in [3.63, 3.8) is 0 Å². The molecule has 1 heterocycles. The van der Waals surface area contributed by atoms with E-state index in [9.17, 15) is 19.2 Å². The summed E-state index contributed by atoms with van der Waals surface area (Å²) in [7, 11) is 0. The monoisotopic (exact) mass is 416 g/mol. The van der Waals surface area contributed by atoms with Crippen LogP contribution in [-0.2, 0) is 23.9 Å². The van der Waals surface area contributed by atoms with Crippen LogP contribution in [0.1, 0.15) is 46.5 Å². The number of ether oxygens (including phenoxy) is 2. The molecule has 8 nitrogen and oxygen atoms in total. The van der Waals surface area contributed by atoms with Gasteiger partial charge in [0, 0.05) is 5.69 Å². The van der Waals surface area contributed by atoms with Crippen molar-refractivity contribution in [3.05, 3.63) is 24.3 Å². The molecule has 3 amide bonds. The first-order valence-corrected chi connectivity index (χ1v) is 10.4. The molecule has 0 aromatic heterocycles. The zero-order valence-corrected chi connectivity index (χ0v) is 17.6. The van der Waals surface area contributed by atoms with Crippen LogP contribution in [0.15, 0.2) is 24.3 Å². The fourth-order valence-corrected chi connectivity index (χ4v) is 4.05. The molecule has 8 heteroatoms. The lowest BCUT2D eigenvalue weighted by Crippen LogP contribution is -2.46. The maximum absolute atomic E-state index is 12.6. The van der Waals surface area contributed by atoms with Crippen LogP contribution in [0.25, 0.3) is 0 Å². The number of carbonyl (C=O) groups excluding carboxylic acids is 4. The predicted molar refractivity (Wildman–Crippen MR) is 109 cm³/mol. The Bertz CT molecular complexity index is 797. The van der Waals surface area contributed by atoms with Gasteiger partial charge in [0.05, 0.1) is 18.4 Å². The molecule has 1 saturated carbocycles. The second-order valence-electron chi connectivity index (χ2n) is 7.75. The van der Waals surface area contributed by atoms with Crippen molar-refractivity contribution in [2.45, 2.75) is 58.6 Å². The standard InChI is InChI=1S/C22H28N2O6/c1-4-29-16-11-9-15(10-12-16)23-19(25)14(3)30-22(28)13(2)24-20(26)17-7-5-6-8-18(17)21(24)27/h9-14,17-18H,4-8H2,1-3H3,(H,23,25)/t13-,14+,17-,18-/m0/s1. The Morgan fingerprint density at radius 3 is 2.17 bits per heavy atom. The van der Waals surface area contributed by atoms with Gasteiger partial charge in [-0.25, -0.2) is 4.79 Å². The molecule has 30 heavy (non-hydrogen) atoms. The van der Waals surface area contributed by atoms with E-state index in [-0.39, 0.29) is 23.7 Å². The van der Waals surface area contributed by atoms with Crippen molar-refractivity contribution < 1.29 is 28.7 Å². The van der Waals surface area contributed by atoms with Crippen LogP contribution in [0, 0.1) is 11.8 Å².